The van der Waals surface area contributed by atoms with Gasteiger partial charge >= 0.3 is 0 Å². The van der Waals surface area contributed by atoms with E-state index in [0.29, 0.717) is 36.2 Å². The standard InChI is InChI=1S/C21H23N5O3/c1-25-17(7-9-22-25)19-14(8-11-29-19)20(27)23-13-5-6-16-15(12-13)21(28)26-10-3-2-4-18(26)24-16/h5-7,9,12,14,19H,2-4,8,10-11H2,1H3,(H,23,27)/t14-,19-/m1/s1. The summed E-state index contributed by atoms with van der Waals surface area (Å²) >= 11 is 0. The molecular weight excluding hydrogens is 370 g/mol. The number of anilines is 1. The van der Waals surface area contributed by atoms with Gasteiger partial charge < -0.3 is 10.1 Å². The lowest BCUT2D eigenvalue weighted by atomic mass is 9.97. The normalized spacial score (nSPS) is 21.3. The fourth-order valence-electron chi connectivity index (χ4n) is 4.37. The van der Waals surface area contributed by atoms with Gasteiger partial charge in [-0.15, -0.1) is 0 Å². The van der Waals surface area contributed by atoms with E-state index in [4.69, 9.17) is 4.74 Å². The van der Waals surface area contributed by atoms with Crippen molar-refractivity contribution in [2.45, 2.75) is 38.3 Å². The predicted molar refractivity (Wildman–Crippen MR) is 108 cm³/mol. The zero-order valence-electron chi connectivity index (χ0n) is 16.3. The van der Waals surface area contributed by atoms with Gasteiger partial charge in [-0.1, -0.05) is 0 Å². The maximum atomic E-state index is 13.0. The van der Waals surface area contributed by atoms with Crippen LogP contribution in [0.1, 0.15) is 36.9 Å². The van der Waals surface area contributed by atoms with E-state index in [0.717, 1.165) is 30.8 Å². The highest BCUT2D eigenvalue weighted by molar-refractivity contribution is 5.95. The number of rotatable bonds is 3. The van der Waals surface area contributed by atoms with E-state index >= 15 is 0 Å². The number of nitrogens with zero attached hydrogens (tertiary/aromatic N) is 4. The van der Waals surface area contributed by atoms with Crippen molar-refractivity contribution in [1.29, 1.82) is 0 Å². The molecule has 5 rings (SSSR count). The molecule has 0 aliphatic carbocycles. The summed E-state index contributed by atoms with van der Waals surface area (Å²) in [5, 5.41) is 7.69. The first-order chi connectivity index (χ1) is 14.1. The monoisotopic (exact) mass is 393 g/mol. The van der Waals surface area contributed by atoms with Gasteiger partial charge in [-0.3, -0.25) is 18.8 Å². The van der Waals surface area contributed by atoms with E-state index in [2.05, 4.69) is 15.4 Å². The largest absolute Gasteiger partial charge is 0.371 e. The molecule has 29 heavy (non-hydrogen) atoms. The zero-order valence-corrected chi connectivity index (χ0v) is 16.3. The molecule has 0 spiro atoms. The maximum absolute atomic E-state index is 13.0. The summed E-state index contributed by atoms with van der Waals surface area (Å²) in [6.07, 6.45) is 4.92. The van der Waals surface area contributed by atoms with Crippen LogP contribution in [0.5, 0.6) is 0 Å². The molecule has 1 saturated heterocycles. The molecular formula is C21H23N5O3. The van der Waals surface area contributed by atoms with Crippen LogP contribution in [-0.4, -0.2) is 31.8 Å². The summed E-state index contributed by atoms with van der Waals surface area (Å²) in [4.78, 5) is 30.5. The molecule has 3 aromatic rings. The first kappa shape index (κ1) is 18.1. The minimum Gasteiger partial charge on any atom is -0.371 e. The summed E-state index contributed by atoms with van der Waals surface area (Å²) in [6.45, 7) is 1.24. The number of hydrogen-bond acceptors (Lipinski definition) is 5. The van der Waals surface area contributed by atoms with Gasteiger partial charge in [-0.2, -0.15) is 5.10 Å². The summed E-state index contributed by atoms with van der Waals surface area (Å²) in [7, 11) is 1.84. The molecule has 1 N–H and O–H groups in total. The Hall–Kier alpha value is -3.00. The van der Waals surface area contributed by atoms with Crippen LogP contribution < -0.4 is 10.9 Å². The molecule has 2 atom stereocenters. The number of benzene rings is 1. The number of nitrogens with one attached hydrogen (secondary N) is 1. The predicted octanol–water partition coefficient (Wildman–Crippen LogP) is 2.18. The SMILES string of the molecule is Cn1nccc1[C@@H]1OCC[C@H]1C(=O)Nc1ccc2nc3n(c(=O)c2c1)CCCC3. The highest BCUT2D eigenvalue weighted by Gasteiger charge is 2.36. The number of aryl methyl sites for hydroxylation is 2. The maximum Gasteiger partial charge on any atom is 0.261 e. The number of carbonyl (C=O) groups excluding carboxylic acids is 1. The zero-order chi connectivity index (χ0) is 20.0. The Balaban J connectivity index is 1.42. The van der Waals surface area contributed by atoms with Crippen LogP contribution in [-0.2, 0) is 29.5 Å². The number of carbonyl (C=O) groups is 1. The second-order valence-electron chi connectivity index (χ2n) is 7.73. The second-order valence-corrected chi connectivity index (χ2v) is 7.73. The van der Waals surface area contributed by atoms with Crippen LogP contribution in [0.15, 0.2) is 35.3 Å². The van der Waals surface area contributed by atoms with Gasteiger partial charge in [-0.25, -0.2) is 4.98 Å². The third-order valence-corrected chi connectivity index (χ3v) is 5.91. The fourth-order valence-corrected chi connectivity index (χ4v) is 4.37. The van der Waals surface area contributed by atoms with Crippen molar-refractivity contribution >= 4 is 22.5 Å². The molecule has 2 aromatic heterocycles. The van der Waals surface area contributed by atoms with Gasteiger partial charge in [0.15, 0.2) is 0 Å². The van der Waals surface area contributed by atoms with Crippen molar-refractivity contribution in [3.05, 3.63) is 52.3 Å². The third kappa shape index (κ3) is 3.13. The van der Waals surface area contributed by atoms with Crippen molar-refractivity contribution in [3.8, 4) is 0 Å². The molecule has 1 fully saturated rings. The van der Waals surface area contributed by atoms with Crippen molar-refractivity contribution in [1.82, 2.24) is 19.3 Å². The van der Waals surface area contributed by atoms with Gasteiger partial charge in [0.1, 0.15) is 11.9 Å². The fraction of sp³-hybridized carbons (Fsp3) is 0.429. The van der Waals surface area contributed by atoms with E-state index in [1.165, 1.54) is 0 Å². The molecule has 0 unspecified atom stereocenters. The lowest BCUT2D eigenvalue weighted by Crippen LogP contribution is -2.29. The third-order valence-electron chi connectivity index (χ3n) is 5.91. The average molecular weight is 393 g/mol. The van der Waals surface area contributed by atoms with E-state index in [1.54, 1.807) is 27.6 Å². The lowest BCUT2D eigenvalue weighted by Gasteiger charge is -2.19. The smallest absolute Gasteiger partial charge is 0.261 e. The van der Waals surface area contributed by atoms with Gasteiger partial charge in [-0.05, 0) is 43.5 Å². The van der Waals surface area contributed by atoms with Gasteiger partial charge in [0.25, 0.3) is 5.56 Å². The van der Waals surface area contributed by atoms with Crippen LogP contribution in [0.25, 0.3) is 10.9 Å². The Morgan fingerprint density at radius 3 is 3.00 bits per heavy atom. The second kappa shape index (κ2) is 7.11. The van der Waals surface area contributed by atoms with Crippen molar-refractivity contribution in [2.24, 2.45) is 13.0 Å². The Morgan fingerprint density at radius 2 is 2.17 bits per heavy atom. The molecule has 1 aromatic carbocycles. The van der Waals surface area contributed by atoms with Gasteiger partial charge in [0, 0.05) is 38.5 Å². The molecule has 2 aliphatic heterocycles. The van der Waals surface area contributed by atoms with Crippen LogP contribution in [0.4, 0.5) is 5.69 Å². The first-order valence-corrected chi connectivity index (χ1v) is 10.1. The molecule has 0 radical (unpaired) electrons. The summed E-state index contributed by atoms with van der Waals surface area (Å²) in [6, 6.07) is 7.23. The molecule has 8 heteroatoms. The number of aromatic nitrogens is 4. The van der Waals surface area contributed by atoms with Crippen molar-refractivity contribution < 1.29 is 9.53 Å². The minimum absolute atomic E-state index is 0.0299. The van der Waals surface area contributed by atoms with Crippen LogP contribution in [0, 0.1) is 5.92 Å². The van der Waals surface area contributed by atoms with Crippen molar-refractivity contribution in [3.63, 3.8) is 0 Å². The summed E-state index contributed by atoms with van der Waals surface area (Å²) in [5.74, 6) is 0.440. The number of hydrogen-bond donors (Lipinski definition) is 1. The van der Waals surface area contributed by atoms with E-state index < -0.39 is 0 Å². The highest BCUT2D eigenvalue weighted by Crippen LogP contribution is 2.35. The molecule has 1 amide bonds. The summed E-state index contributed by atoms with van der Waals surface area (Å²) < 4.78 is 9.32. The molecule has 150 valence electrons. The topological polar surface area (TPSA) is 91.0 Å². The average Bonchev–Trinajstić information content (AvgIpc) is 3.37. The van der Waals surface area contributed by atoms with E-state index in [-0.39, 0.29) is 23.5 Å². The molecule has 0 bridgehead atoms. The summed E-state index contributed by atoms with van der Waals surface area (Å²) in [5.41, 5.74) is 2.14. The Bertz CT molecular complexity index is 1150. The van der Waals surface area contributed by atoms with Gasteiger partial charge in [0.05, 0.1) is 22.5 Å². The van der Waals surface area contributed by atoms with E-state index in [1.807, 2.05) is 19.2 Å². The quantitative estimate of drug-likeness (QED) is 0.737. The Labute approximate surface area is 167 Å². The van der Waals surface area contributed by atoms with E-state index in [9.17, 15) is 9.59 Å². The minimum atomic E-state index is -0.317. The molecule has 4 heterocycles. The molecule has 2 aliphatic rings. The van der Waals surface area contributed by atoms with Gasteiger partial charge in [0.2, 0.25) is 5.91 Å². The van der Waals surface area contributed by atoms with Crippen LogP contribution >= 0.6 is 0 Å². The van der Waals surface area contributed by atoms with Crippen molar-refractivity contribution in [2.75, 3.05) is 11.9 Å². The van der Waals surface area contributed by atoms with Crippen LogP contribution in [0.3, 0.4) is 0 Å². The Kier molecular flexibility index (Phi) is 4.43. The number of ether oxygens (including phenoxy) is 1. The molecule has 8 nitrogen and oxygen atoms in total. The highest BCUT2D eigenvalue weighted by atomic mass is 16.5. The molecule has 0 saturated carbocycles. The Morgan fingerprint density at radius 1 is 1.28 bits per heavy atom. The number of fused-ring (bicyclic) bond motifs is 2. The lowest BCUT2D eigenvalue weighted by molar-refractivity contribution is -0.121. The first-order valence-electron chi connectivity index (χ1n) is 10.1. The number of amides is 1. The van der Waals surface area contributed by atoms with Crippen LogP contribution in [0.2, 0.25) is 0 Å².